The molecule has 2 fully saturated rings. The number of carbonyl (C=O) groups excluding carboxylic acids is 2. The number of benzene rings is 1. The van der Waals surface area contributed by atoms with Gasteiger partial charge in [-0.15, -0.1) is 11.6 Å². The molecule has 1 aromatic rings. The van der Waals surface area contributed by atoms with Crippen molar-refractivity contribution in [3.05, 3.63) is 23.8 Å². The summed E-state index contributed by atoms with van der Waals surface area (Å²) in [5, 5.41) is 0. The van der Waals surface area contributed by atoms with Gasteiger partial charge in [-0.05, 0) is 18.6 Å². The van der Waals surface area contributed by atoms with Crippen molar-refractivity contribution in [2.75, 3.05) is 25.6 Å². The summed E-state index contributed by atoms with van der Waals surface area (Å²) >= 11 is 18.0. The fourth-order valence-corrected chi connectivity index (χ4v) is 4.25. The summed E-state index contributed by atoms with van der Waals surface area (Å²) in [5.74, 6) is -1.15. The van der Waals surface area contributed by atoms with Gasteiger partial charge < -0.3 is 14.5 Å². The molecular formula is C17H16Cl3F3N2O3. The average molecular weight is 460 g/mol. The minimum absolute atomic E-state index is 0.0303. The van der Waals surface area contributed by atoms with E-state index in [1.54, 1.807) is 0 Å². The van der Waals surface area contributed by atoms with Crippen molar-refractivity contribution in [1.82, 2.24) is 4.90 Å². The van der Waals surface area contributed by atoms with Crippen LogP contribution in [0.15, 0.2) is 18.2 Å². The molecule has 1 heterocycles. The molecule has 1 saturated heterocycles. The molecule has 154 valence electrons. The Kier molecular flexibility index (Phi) is 5.22. The monoisotopic (exact) mass is 458 g/mol. The number of hydrogen-bond acceptors (Lipinski definition) is 3. The SMILES string of the molecule is COc1cc(N2CCC(N(C)C(=O)C3(Cl)CC3(Cl)Cl)C2=O)cc(C(F)(F)F)c1. The van der Waals surface area contributed by atoms with Crippen molar-refractivity contribution in [2.45, 2.75) is 34.3 Å². The molecule has 0 N–H and O–H groups in total. The molecule has 1 aliphatic heterocycles. The highest BCUT2D eigenvalue weighted by atomic mass is 35.5. The van der Waals surface area contributed by atoms with Crippen LogP contribution in [0.1, 0.15) is 18.4 Å². The van der Waals surface area contributed by atoms with Crippen molar-refractivity contribution in [3.8, 4) is 5.75 Å². The van der Waals surface area contributed by atoms with Gasteiger partial charge in [-0.2, -0.15) is 13.2 Å². The number of likely N-dealkylation sites (N-methyl/N-ethyl adjacent to an activating group) is 1. The van der Waals surface area contributed by atoms with E-state index in [2.05, 4.69) is 0 Å². The summed E-state index contributed by atoms with van der Waals surface area (Å²) in [6.45, 7) is 0.133. The molecule has 1 aliphatic carbocycles. The highest BCUT2D eigenvalue weighted by Crippen LogP contribution is 2.62. The minimum atomic E-state index is -4.60. The number of methoxy groups -OCH3 is 1. The first-order chi connectivity index (χ1) is 12.8. The zero-order valence-corrected chi connectivity index (χ0v) is 17.1. The Hall–Kier alpha value is -1.38. The van der Waals surface area contributed by atoms with E-state index in [0.717, 1.165) is 17.0 Å². The molecule has 2 unspecified atom stereocenters. The number of anilines is 1. The molecule has 3 rings (SSSR count). The zero-order chi connectivity index (χ0) is 21.1. The van der Waals surface area contributed by atoms with E-state index in [0.29, 0.717) is 0 Å². The van der Waals surface area contributed by atoms with Crippen molar-refractivity contribution >= 4 is 52.3 Å². The summed E-state index contributed by atoms with van der Waals surface area (Å²) < 4.78 is 42.9. The number of nitrogens with zero attached hydrogens (tertiary/aromatic N) is 2. The minimum Gasteiger partial charge on any atom is -0.497 e. The van der Waals surface area contributed by atoms with Crippen LogP contribution in [0.25, 0.3) is 0 Å². The third kappa shape index (κ3) is 3.50. The van der Waals surface area contributed by atoms with Gasteiger partial charge in [0.15, 0.2) is 4.87 Å². The lowest BCUT2D eigenvalue weighted by Crippen LogP contribution is -2.47. The van der Waals surface area contributed by atoms with Gasteiger partial charge in [-0.25, -0.2) is 0 Å². The van der Waals surface area contributed by atoms with Crippen molar-refractivity contribution in [2.24, 2.45) is 0 Å². The average Bonchev–Trinajstić information content (AvgIpc) is 2.94. The van der Waals surface area contributed by atoms with Crippen LogP contribution < -0.4 is 9.64 Å². The molecule has 2 aliphatic rings. The molecule has 5 nitrogen and oxygen atoms in total. The summed E-state index contributed by atoms with van der Waals surface area (Å²) in [6, 6.07) is 2.18. The van der Waals surface area contributed by atoms with Gasteiger partial charge in [0.2, 0.25) is 11.8 Å². The Morgan fingerprint density at radius 2 is 1.89 bits per heavy atom. The number of hydrogen-bond donors (Lipinski definition) is 0. The second-order valence-corrected chi connectivity index (χ2v) is 8.94. The summed E-state index contributed by atoms with van der Waals surface area (Å²) in [5.41, 5.74) is -0.898. The molecule has 1 saturated carbocycles. The van der Waals surface area contributed by atoms with Gasteiger partial charge in [0.25, 0.3) is 0 Å². The number of alkyl halides is 6. The van der Waals surface area contributed by atoms with E-state index in [4.69, 9.17) is 39.5 Å². The maximum atomic E-state index is 13.1. The quantitative estimate of drug-likeness (QED) is 0.643. The summed E-state index contributed by atoms with van der Waals surface area (Å²) in [6.07, 6.45) is -4.33. The van der Waals surface area contributed by atoms with Crippen molar-refractivity contribution in [1.29, 1.82) is 0 Å². The van der Waals surface area contributed by atoms with Crippen LogP contribution in [0, 0.1) is 0 Å². The van der Waals surface area contributed by atoms with Gasteiger partial charge in [0.05, 0.1) is 12.7 Å². The molecular weight excluding hydrogens is 444 g/mol. The first-order valence-corrected chi connectivity index (χ1v) is 9.37. The number of carbonyl (C=O) groups is 2. The third-order valence-electron chi connectivity index (χ3n) is 4.99. The Morgan fingerprint density at radius 1 is 1.29 bits per heavy atom. The van der Waals surface area contributed by atoms with E-state index in [9.17, 15) is 22.8 Å². The number of rotatable bonds is 4. The maximum Gasteiger partial charge on any atom is 0.416 e. The first-order valence-electron chi connectivity index (χ1n) is 8.23. The molecule has 0 bridgehead atoms. The molecule has 0 spiro atoms. The molecule has 0 radical (unpaired) electrons. The summed E-state index contributed by atoms with van der Waals surface area (Å²) in [7, 11) is 2.63. The predicted molar refractivity (Wildman–Crippen MR) is 99.2 cm³/mol. The Morgan fingerprint density at radius 3 is 2.39 bits per heavy atom. The van der Waals surface area contributed by atoms with E-state index < -0.39 is 38.8 Å². The number of ether oxygens (including phenoxy) is 1. The van der Waals surface area contributed by atoms with Crippen LogP contribution in [0.5, 0.6) is 5.75 Å². The van der Waals surface area contributed by atoms with Gasteiger partial charge in [0.1, 0.15) is 16.1 Å². The van der Waals surface area contributed by atoms with E-state index in [1.807, 2.05) is 0 Å². The Labute approximate surface area is 174 Å². The second kappa shape index (κ2) is 6.85. The fraction of sp³-hybridized carbons (Fsp3) is 0.529. The molecule has 1 aromatic carbocycles. The molecule has 2 atom stereocenters. The van der Waals surface area contributed by atoms with Gasteiger partial charge in [0, 0.05) is 31.8 Å². The van der Waals surface area contributed by atoms with E-state index in [-0.39, 0.29) is 30.8 Å². The Bertz CT molecular complexity index is 834. The second-order valence-electron chi connectivity index (χ2n) is 6.81. The van der Waals surface area contributed by atoms with Crippen molar-refractivity contribution in [3.63, 3.8) is 0 Å². The fourth-order valence-electron chi connectivity index (χ4n) is 3.22. The van der Waals surface area contributed by atoms with E-state index >= 15 is 0 Å². The first kappa shape index (κ1) is 21.3. The lowest BCUT2D eigenvalue weighted by molar-refractivity contribution is -0.137. The van der Waals surface area contributed by atoms with Crippen LogP contribution >= 0.6 is 34.8 Å². The standard InChI is InChI=1S/C17H16Cl3F3N2O3/c1-24(14(27)15(18)8-16(15,19)20)12-3-4-25(13(12)26)10-5-9(17(21,22)23)6-11(7-10)28-2/h5-7,12H,3-4,8H2,1-2H3. The number of amides is 2. The Balaban J connectivity index is 1.84. The van der Waals surface area contributed by atoms with Crippen molar-refractivity contribution < 1.29 is 27.5 Å². The zero-order valence-electron chi connectivity index (χ0n) is 14.8. The van der Waals surface area contributed by atoms with Crippen LogP contribution in [0.3, 0.4) is 0 Å². The largest absolute Gasteiger partial charge is 0.497 e. The third-order valence-corrected chi connectivity index (χ3v) is 6.71. The van der Waals surface area contributed by atoms with Gasteiger partial charge in [-0.1, -0.05) is 23.2 Å². The smallest absolute Gasteiger partial charge is 0.416 e. The molecule has 0 aromatic heterocycles. The van der Waals surface area contributed by atoms with Crippen LogP contribution in [-0.2, 0) is 15.8 Å². The highest BCUT2D eigenvalue weighted by molar-refractivity contribution is 6.62. The van der Waals surface area contributed by atoms with Crippen LogP contribution in [0.4, 0.5) is 18.9 Å². The van der Waals surface area contributed by atoms with E-state index in [1.165, 1.54) is 25.1 Å². The van der Waals surface area contributed by atoms with Gasteiger partial charge in [-0.3, -0.25) is 9.59 Å². The highest BCUT2D eigenvalue weighted by Gasteiger charge is 2.72. The maximum absolute atomic E-state index is 13.1. The molecule has 11 heteroatoms. The molecule has 28 heavy (non-hydrogen) atoms. The molecule has 2 amide bonds. The topological polar surface area (TPSA) is 49.9 Å². The van der Waals surface area contributed by atoms with Crippen LogP contribution in [-0.4, -0.2) is 52.7 Å². The summed E-state index contributed by atoms with van der Waals surface area (Å²) in [4.78, 5) is 26.3. The van der Waals surface area contributed by atoms with Gasteiger partial charge >= 0.3 is 6.18 Å². The lowest BCUT2D eigenvalue weighted by atomic mass is 10.1. The van der Waals surface area contributed by atoms with Crippen LogP contribution in [0.2, 0.25) is 0 Å². The normalized spacial score (nSPS) is 26.4. The number of halogens is 6. The lowest BCUT2D eigenvalue weighted by Gasteiger charge is -2.26. The predicted octanol–water partition coefficient (Wildman–Crippen LogP) is 3.83.